The molecular weight excluding hydrogens is 500 g/mol. The number of aliphatic imine (C=N–C) groups is 1. The Bertz CT molecular complexity index is 802. The van der Waals surface area contributed by atoms with E-state index in [2.05, 4.69) is 50.7 Å². The van der Waals surface area contributed by atoms with Gasteiger partial charge in [-0.2, -0.15) is 0 Å². The molecule has 0 radical (unpaired) electrons. The van der Waals surface area contributed by atoms with Crippen LogP contribution in [-0.2, 0) is 13.1 Å². The number of guanidine groups is 1. The Balaban J connectivity index is 0.00000300. The molecular formula is C21H31FIN5S. The highest BCUT2D eigenvalue weighted by Gasteiger charge is 2.18. The van der Waals surface area contributed by atoms with Crippen molar-refractivity contribution in [1.82, 2.24) is 15.5 Å². The van der Waals surface area contributed by atoms with Gasteiger partial charge in [-0.05, 0) is 48.2 Å². The van der Waals surface area contributed by atoms with E-state index < -0.39 is 0 Å². The second-order valence-corrected chi connectivity index (χ2v) is 8.01. The van der Waals surface area contributed by atoms with Crippen molar-refractivity contribution in [3.8, 4) is 0 Å². The predicted octanol–water partition coefficient (Wildman–Crippen LogP) is 3.82. The molecule has 29 heavy (non-hydrogen) atoms. The fourth-order valence-corrected chi connectivity index (χ4v) is 4.22. The monoisotopic (exact) mass is 531 g/mol. The average molecular weight is 531 g/mol. The van der Waals surface area contributed by atoms with Crippen LogP contribution in [0.2, 0.25) is 0 Å². The number of likely N-dealkylation sites (N-methyl/N-ethyl adjacent to an activating group) is 1. The molecule has 0 unspecified atom stereocenters. The van der Waals surface area contributed by atoms with E-state index in [9.17, 15) is 4.39 Å². The quantitative estimate of drug-likeness (QED) is 0.338. The Morgan fingerprint density at radius 1 is 1.14 bits per heavy atom. The zero-order chi connectivity index (χ0) is 19.9. The van der Waals surface area contributed by atoms with Crippen LogP contribution >= 0.6 is 35.3 Å². The molecule has 0 bridgehead atoms. The molecule has 0 amide bonds. The summed E-state index contributed by atoms with van der Waals surface area (Å²) in [6.07, 6.45) is 0. The van der Waals surface area contributed by atoms with Crippen molar-refractivity contribution >= 4 is 47.0 Å². The van der Waals surface area contributed by atoms with Gasteiger partial charge in [0.05, 0.1) is 12.2 Å². The molecule has 2 heterocycles. The molecule has 2 aromatic rings. The number of halogens is 2. The van der Waals surface area contributed by atoms with Crippen molar-refractivity contribution in [3.63, 3.8) is 0 Å². The summed E-state index contributed by atoms with van der Waals surface area (Å²) in [6, 6.07) is 7.64. The molecule has 0 spiro atoms. The molecule has 0 saturated carbocycles. The number of nitrogens with zero attached hydrogens (tertiary/aromatic N) is 3. The minimum Gasteiger partial charge on any atom is -0.367 e. The largest absolute Gasteiger partial charge is 0.367 e. The topological polar surface area (TPSA) is 42.9 Å². The van der Waals surface area contributed by atoms with Crippen LogP contribution in [0, 0.1) is 12.7 Å². The van der Waals surface area contributed by atoms with Gasteiger partial charge in [-0.3, -0.25) is 4.99 Å². The summed E-state index contributed by atoms with van der Waals surface area (Å²) in [4.78, 5) is 10.1. The summed E-state index contributed by atoms with van der Waals surface area (Å²) in [6.45, 7) is 10.3. The number of aryl methyl sites for hydroxylation is 1. The number of piperazine rings is 1. The van der Waals surface area contributed by atoms with E-state index in [0.717, 1.165) is 44.8 Å². The third-order valence-corrected chi connectivity index (χ3v) is 6.26. The Morgan fingerprint density at radius 2 is 1.86 bits per heavy atom. The van der Waals surface area contributed by atoms with Gasteiger partial charge in [0, 0.05) is 44.6 Å². The number of rotatable bonds is 6. The summed E-state index contributed by atoms with van der Waals surface area (Å²) in [5.74, 6) is 0.564. The molecule has 1 aromatic heterocycles. The lowest BCUT2D eigenvalue weighted by atomic mass is 10.1. The average Bonchev–Trinajstić information content (AvgIpc) is 3.13. The fourth-order valence-electron chi connectivity index (χ4n) is 3.38. The lowest BCUT2D eigenvalue weighted by molar-refractivity contribution is 0.270. The first-order chi connectivity index (χ1) is 13.6. The third kappa shape index (κ3) is 6.55. The van der Waals surface area contributed by atoms with Crippen LogP contribution in [0.1, 0.15) is 22.9 Å². The molecule has 0 aliphatic carbocycles. The Hall–Kier alpha value is -1.39. The number of thiophene rings is 1. The van der Waals surface area contributed by atoms with Crippen LogP contribution in [-0.4, -0.2) is 50.6 Å². The second kappa shape index (κ2) is 11.7. The van der Waals surface area contributed by atoms with Crippen LogP contribution in [0.4, 0.5) is 10.1 Å². The van der Waals surface area contributed by atoms with E-state index in [4.69, 9.17) is 0 Å². The molecule has 160 valence electrons. The number of hydrogen-bond donors (Lipinski definition) is 2. The van der Waals surface area contributed by atoms with E-state index in [1.807, 2.05) is 12.1 Å². The highest BCUT2D eigenvalue weighted by atomic mass is 127. The van der Waals surface area contributed by atoms with Crippen LogP contribution in [0.25, 0.3) is 0 Å². The van der Waals surface area contributed by atoms with Crippen LogP contribution in [0.15, 0.2) is 34.6 Å². The minimum absolute atomic E-state index is 0. The van der Waals surface area contributed by atoms with Gasteiger partial charge in [0.2, 0.25) is 0 Å². The van der Waals surface area contributed by atoms with Gasteiger partial charge >= 0.3 is 0 Å². The molecule has 0 atom stereocenters. The molecule has 3 rings (SSSR count). The summed E-state index contributed by atoms with van der Waals surface area (Å²) in [7, 11) is 1.75. The lowest BCUT2D eigenvalue weighted by Crippen LogP contribution is -2.46. The molecule has 1 aliphatic heterocycles. The zero-order valence-corrected chi connectivity index (χ0v) is 20.5. The summed E-state index contributed by atoms with van der Waals surface area (Å²) < 4.78 is 14.7. The number of anilines is 1. The Kier molecular flexibility index (Phi) is 9.64. The van der Waals surface area contributed by atoms with Crippen molar-refractivity contribution in [1.29, 1.82) is 0 Å². The lowest BCUT2D eigenvalue weighted by Gasteiger charge is -2.35. The SMILES string of the molecule is CCN1CCN(c2ccc(CNC(=NC)NCc3sccc3C)cc2F)CC1.I. The van der Waals surface area contributed by atoms with E-state index >= 15 is 0 Å². The van der Waals surface area contributed by atoms with Crippen LogP contribution in [0.3, 0.4) is 0 Å². The number of benzene rings is 1. The number of hydrogen-bond acceptors (Lipinski definition) is 4. The molecule has 1 fully saturated rings. The van der Waals surface area contributed by atoms with Gasteiger partial charge in [0.1, 0.15) is 5.82 Å². The van der Waals surface area contributed by atoms with Crippen LogP contribution < -0.4 is 15.5 Å². The van der Waals surface area contributed by atoms with Crippen molar-refractivity contribution in [2.75, 3.05) is 44.7 Å². The highest BCUT2D eigenvalue weighted by Crippen LogP contribution is 2.22. The second-order valence-electron chi connectivity index (χ2n) is 7.01. The van der Waals surface area contributed by atoms with E-state index in [1.165, 1.54) is 10.4 Å². The fraction of sp³-hybridized carbons (Fsp3) is 0.476. The molecule has 5 nitrogen and oxygen atoms in total. The van der Waals surface area contributed by atoms with E-state index in [-0.39, 0.29) is 29.8 Å². The third-order valence-electron chi connectivity index (χ3n) is 5.24. The van der Waals surface area contributed by atoms with Crippen molar-refractivity contribution < 1.29 is 4.39 Å². The summed E-state index contributed by atoms with van der Waals surface area (Å²) in [5.41, 5.74) is 2.89. The first kappa shape index (κ1) is 23.9. The van der Waals surface area contributed by atoms with Crippen LogP contribution in [0.5, 0.6) is 0 Å². The molecule has 1 aromatic carbocycles. The molecule has 1 saturated heterocycles. The van der Waals surface area contributed by atoms with Gasteiger partial charge in [0.15, 0.2) is 5.96 Å². The number of nitrogens with one attached hydrogen (secondary N) is 2. The molecule has 8 heteroatoms. The molecule has 2 N–H and O–H groups in total. The standard InChI is InChI=1S/C21H30FN5S.HI/c1-4-26-8-10-27(11-9-26)19-6-5-17(13-18(19)22)14-24-21(23-3)25-15-20-16(2)7-12-28-20;/h5-7,12-13H,4,8-11,14-15H2,1-3H3,(H2,23,24,25);1H. The first-order valence-corrected chi connectivity index (χ1v) is 10.7. The Morgan fingerprint density at radius 3 is 2.45 bits per heavy atom. The zero-order valence-electron chi connectivity index (χ0n) is 17.4. The maximum Gasteiger partial charge on any atom is 0.191 e. The van der Waals surface area contributed by atoms with E-state index in [0.29, 0.717) is 18.2 Å². The first-order valence-electron chi connectivity index (χ1n) is 9.84. The predicted molar refractivity (Wildman–Crippen MR) is 132 cm³/mol. The Labute approximate surface area is 194 Å². The van der Waals surface area contributed by atoms with Crippen molar-refractivity contribution in [3.05, 3.63) is 51.5 Å². The van der Waals surface area contributed by atoms with Gasteiger partial charge in [0.25, 0.3) is 0 Å². The minimum atomic E-state index is -0.151. The maximum atomic E-state index is 14.7. The maximum absolute atomic E-state index is 14.7. The highest BCUT2D eigenvalue weighted by molar-refractivity contribution is 14.0. The van der Waals surface area contributed by atoms with Gasteiger partial charge < -0.3 is 20.4 Å². The van der Waals surface area contributed by atoms with E-state index in [1.54, 1.807) is 24.5 Å². The summed E-state index contributed by atoms with van der Waals surface area (Å²) in [5, 5.41) is 8.67. The smallest absolute Gasteiger partial charge is 0.191 e. The summed E-state index contributed by atoms with van der Waals surface area (Å²) >= 11 is 1.73. The molecule has 1 aliphatic rings. The van der Waals surface area contributed by atoms with Gasteiger partial charge in [-0.15, -0.1) is 35.3 Å². The van der Waals surface area contributed by atoms with Crippen molar-refractivity contribution in [2.45, 2.75) is 26.9 Å². The van der Waals surface area contributed by atoms with Gasteiger partial charge in [-0.25, -0.2) is 4.39 Å². The normalized spacial score (nSPS) is 15.2. The van der Waals surface area contributed by atoms with Gasteiger partial charge in [-0.1, -0.05) is 13.0 Å². The van der Waals surface area contributed by atoms with Crippen molar-refractivity contribution in [2.24, 2.45) is 4.99 Å².